The molecule has 1 aliphatic rings. The molecular formula is C15H21NO2. The fraction of sp³-hybridized carbons (Fsp3) is 0.533. The molecule has 1 fully saturated rings. The lowest BCUT2D eigenvalue weighted by Crippen LogP contribution is -2.34. The predicted molar refractivity (Wildman–Crippen MR) is 73.1 cm³/mol. The first kappa shape index (κ1) is 12.9. The van der Waals surface area contributed by atoms with Crippen molar-refractivity contribution in [1.29, 1.82) is 0 Å². The quantitative estimate of drug-likeness (QED) is 0.893. The van der Waals surface area contributed by atoms with Crippen LogP contribution in [0.15, 0.2) is 18.2 Å². The summed E-state index contributed by atoms with van der Waals surface area (Å²) in [6, 6.07) is 6.02. The van der Waals surface area contributed by atoms with E-state index in [1.165, 1.54) is 24.1 Å². The molecule has 1 atom stereocenters. The van der Waals surface area contributed by atoms with Crippen LogP contribution in [0, 0.1) is 12.8 Å². The lowest BCUT2D eigenvalue weighted by Gasteiger charge is -2.34. The molecule has 18 heavy (non-hydrogen) atoms. The highest BCUT2D eigenvalue weighted by atomic mass is 16.4. The van der Waals surface area contributed by atoms with Crippen molar-refractivity contribution >= 4 is 11.7 Å². The minimum absolute atomic E-state index is 0.109. The third kappa shape index (κ3) is 3.03. The van der Waals surface area contributed by atoms with Crippen LogP contribution >= 0.6 is 0 Å². The topological polar surface area (TPSA) is 40.5 Å². The standard InChI is InChI=1S/C15H21NO2/c1-11-4-3-7-16(10-11)14-6-5-13(8-12(14)2)9-15(17)18/h5-6,8,11H,3-4,7,9-10H2,1-2H3,(H,17,18). The summed E-state index contributed by atoms with van der Waals surface area (Å²) in [5.74, 6) is -0.0226. The minimum atomic E-state index is -0.770. The molecule has 0 spiro atoms. The number of nitrogens with zero attached hydrogens (tertiary/aromatic N) is 1. The Balaban J connectivity index is 2.16. The summed E-state index contributed by atoms with van der Waals surface area (Å²) >= 11 is 0. The number of rotatable bonds is 3. The van der Waals surface area contributed by atoms with E-state index in [1.54, 1.807) is 0 Å². The van der Waals surface area contributed by atoms with Crippen molar-refractivity contribution in [3.05, 3.63) is 29.3 Å². The van der Waals surface area contributed by atoms with E-state index in [0.717, 1.165) is 24.6 Å². The molecule has 0 bridgehead atoms. The van der Waals surface area contributed by atoms with Crippen molar-refractivity contribution in [1.82, 2.24) is 0 Å². The van der Waals surface area contributed by atoms with Gasteiger partial charge in [0.05, 0.1) is 6.42 Å². The monoisotopic (exact) mass is 247 g/mol. The molecule has 2 rings (SSSR count). The Bertz CT molecular complexity index is 442. The van der Waals surface area contributed by atoms with Crippen LogP contribution in [0.5, 0.6) is 0 Å². The third-order valence-electron chi connectivity index (χ3n) is 3.61. The summed E-state index contributed by atoms with van der Waals surface area (Å²) in [7, 11) is 0. The number of piperidine rings is 1. The molecular weight excluding hydrogens is 226 g/mol. The van der Waals surface area contributed by atoms with Crippen molar-refractivity contribution in [3.8, 4) is 0 Å². The van der Waals surface area contributed by atoms with E-state index in [0.29, 0.717) is 0 Å². The number of hydrogen-bond acceptors (Lipinski definition) is 2. The largest absolute Gasteiger partial charge is 0.481 e. The molecule has 1 heterocycles. The number of hydrogen-bond donors (Lipinski definition) is 1. The van der Waals surface area contributed by atoms with Crippen molar-refractivity contribution in [2.75, 3.05) is 18.0 Å². The fourth-order valence-corrected chi connectivity index (χ4v) is 2.77. The first-order chi connectivity index (χ1) is 8.56. The molecule has 0 aromatic heterocycles. The van der Waals surface area contributed by atoms with Crippen LogP contribution in [0.25, 0.3) is 0 Å². The molecule has 3 heteroatoms. The number of aryl methyl sites for hydroxylation is 1. The molecule has 1 unspecified atom stereocenters. The Morgan fingerprint density at radius 3 is 2.89 bits per heavy atom. The highest BCUT2D eigenvalue weighted by Gasteiger charge is 2.18. The van der Waals surface area contributed by atoms with Gasteiger partial charge in [0, 0.05) is 18.8 Å². The molecule has 0 aliphatic carbocycles. The van der Waals surface area contributed by atoms with Gasteiger partial charge in [-0.3, -0.25) is 4.79 Å². The maximum atomic E-state index is 10.7. The molecule has 0 saturated carbocycles. The van der Waals surface area contributed by atoms with E-state index in [9.17, 15) is 4.79 Å². The van der Waals surface area contributed by atoms with Crippen LogP contribution in [0.2, 0.25) is 0 Å². The molecule has 0 radical (unpaired) electrons. The molecule has 1 aromatic rings. The van der Waals surface area contributed by atoms with Crippen molar-refractivity contribution < 1.29 is 9.90 Å². The van der Waals surface area contributed by atoms with Crippen LogP contribution in [-0.4, -0.2) is 24.2 Å². The van der Waals surface area contributed by atoms with Crippen LogP contribution in [0.4, 0.5) is 5.69 Å². The number of anilines is 1. The summed E-state index contributed by atoms with van der Waals surface area (Å²) in [5, 5.41) is 8.80. The Kier molecular flexibility index (Phi) is 3.90. The van der Waals surface area contributed by atoms with Gasteiger partial charge < -0.3 is 10.0 Å². The molecule has 1 aromatic carbocycles. The third-order valence-corrected chi connectivity index (χ3v) is 3.61. The zero-order valence-corrected chi connectivity index (χ0v) is 11.1. The van der Waals surface area contributed by atoms with Gasteiger partial charge in [0.1, 0.15) is 0 Å². The van der Waals surface area contributed by atoms with Gasteiger partial charge >= 0.3 is 5.97 Å². The van der Waals surface area contributed by atoms with Gasteiger partial charge in [-0.15, -0.1) is 0 Å². The van der Waals surface area contributed by atoms with Gasteiger partial charge in [-0.1, -0.05) is 19.1 Å². The normalized spacial score (nSPS) is 19.9. The Morgan fingerprint density at radius 2 is 2.28 bits per heavy atom. The van der Waals surface area contributed by atoms with E-state index < -0.39 is 5.97 Å². The SMILES string of the molecule is Cc1cc(CC(=O)O)ccc1N1CCCC(C)C1. The Morgan fingerprint density at radius 1 is 1.50 bits per heavy atom. The Hall–Kier alpha value is -1.51. The number of aliphatic carboxylic acids is 1. The number of carbonyl (C=O) groups is 1. The van der Waals surface area contributed by atoms with Crippen LogP contribution in [0.3, 0.4) is 0 Å². The minimum Gasteiger partial charge on any atom is -0.481 e. The van der Waals surface area contributed by atoms with Gasteiger partial charge in [-0.05, 0) is 42.9 Å². The van der Waals surface area contributed by atoms with E-state index >= 15 is 0 Å². The fourth-order valence-electron chi connectivity index (χ4n) is 2.77. The zero-order valence-electron chi connectivity index (χ0n) is 11.1. The summed E-state index contributed by atoms with van der Waals surface area (Å²) in [5.41, 5.74) is 3.33. The molecule has 1 saturated heterocycles. The van der Waals surface area contributed by atoms with E-state index in [1.807, 2.05) is 12.1 Å². The highest BCUT2D eigenvalue weighted by molar-refractivity contribution is 5.71. The van der Waals surface area contributed by atoms with Crippen LogP contribution in [-0.2, 0) is 11.2 Å². The number of carboxylic acids is 1. The first-order valence-corrected chi connectivity index (χ1v) is 6.62. The van der Waals surface area contributed by atoms with Gasteiger partial charge in [0.15, 0.2) is 0 Å². The second kappa shape index (κ2) is 5.42. The van der Waals surface area contributed by atoms with Crippen LogP contribution < -0.4 is 4.90 Å². The molecule has 0 amide bonds. The Labute approximate surface area is 108 Å². The second-order valence-corrected chi connectivity index (χ2v) is 5.38. The predicted octanol–water partition coefficient (Wildman–Crippen LogP) is 2.86. The average molecular weight is 247 g/mol. The van der Waals surface area contributed by atoms with Crippen LogP contribution in [0.1, 0.15) is 30.9 Å². The van der Waals surface area contributed by atoms with Crippen molar-refractivity contribution in [3.63, 3.8) is 0 Å². The second-order valence-electron chi connectivity index (χ2n) is 5.38. The smallest absolute Gasteiger partial charge is 0.307 e. The molecule has 1 N–H and O–H groups in total. The van der Waals surface area contributed by atoms with Crippen molar-refractivity contribution in [2.24, 2.45) is 5.92 Å². The van der Waals surface area contributed by atoms with E-state index in [4.69, 9.17) is 5.11 Å². The van der Waals surface area contributed by atoms with E-state index in [2.05, 4.69) is 24.8 Å². The lowest BCUT2D eigenvalue weighted by atomic mass is 9.98. The summed E-state index contributed by atoms with van der Waals surface area (Å²) < 4.78 is 0. The maximum absolute atomic E-state index is 10.7. The zero-order chi connectivity index (χ0) is 13.1. The van der Waals surface area contributed by atoms with Crippen molar-refractivity contribution in [2.45, 2.75) is 33.1 Å². The average Bonchev–Trinajstić information content (AvgIpc) is 2.28. The number of carboxylic acid groups (broad SMARTS) is 1. The molecule has 1 aliphatic heterocycles. The summed E-state index contributed by atoms with van der Waals surface area (Å²) in [6.07, 6.45) is 2.67. The lowest BCUT2D eigenvalue weighted by molar-refractivity contribution is -0.136. The molecule has 3 nitrogen and oxygen atoms in total. The maximum Gasteiger partial charge on any atom is 0.307 e. The van der Waals surface area contributed by atoms with Gasteiger partial charge in [-0.2, -0.15) is 0 Å². The van der Waals surface area contributed by atoms with Gasteiger partial charge in [0.25, 0.3) is 0 Å². The molecule has 98 valence electrons. The van der Waals surface area contributed by atoms with Gasteiger partial charge in [0.2, 0.25) is 0 Å². The summed E-state index contributed by atoms with van der Waals surface area (Å²) in [4.78, 5) is 13.1. The number of benzene rings is 1. The first-order valence-electron chi connectivity index (χ1n) is 6.62. The van der Waals surface area contributed by atoms with Gasteiger partial charge in [-0.25, -0.2) is 0 Å². The van der Waals surface area contributed by atoms with E-state index in [-0.39, 0.29) is 6.42 Å². The summed E-state index contributed by atoms with van der Waals surface area (Å²) in [6.45, 7) is 6.59. The highest BCUT2D eigenvalue weighted by Crippen LogP contribution is 2.26.